The smallest absolute Gasteiger partial charge is 0.347 e. The van der Waals surface area contributed by atoms with Crippen LogP contribution in [-0.2, 0) is 4.74 Å². The van der Waals surface area contributed by atoms with E-state index in [-0.39, 0.29) is 35.6 Å². The van der Waals surface area contributed by atoms with E-state index >= 15 is 0 Å². The average molecular weight is 395 g/mol. The van der Waals surface area contributed by atoms with Gasteiger partial charge in [0.15, 0.2) is 22.9 Å². The van der Waals surface area contributed by atoms with Crippen LogP contribution in [0.5, 0.6) is 5.75 Å². The summed E-state index contributed by atoms with van der Waals surface area (Å²) in [5.74, 6) is 0.255. The molecule has 1 aliphatic carbocycles. The number of aromatic nitrogens is 1. The van der Waals surface area contributed by atoms with E-state index in [9.17, 15) is 9.90 Å². The number of furan rings is 1. The third kappa shape index (κ3) is 4.04. The van der Waals surface area contributed by atoms with Gasteiger partial charge in [0.1, 0.15) is 0 Å². The highest BCUT2D eigenvalue weighted by Crippen LogP contribution is 2.39. The quantitative estimate of drug-likeness (QED) is 0.549. The first-order valence-electron chi connectivity index (χ1n) is 10.2. The Morgan fingerprint density at radius 1 is 1.34 bits per heavy atom. The van der Waals surface area contributed by atoms with Crippen LogP contribution in [0.25, 0.3) is 11.6 Å². The molecule has 0 bridgehead atoms. The topological polar surface area (TPSA) is 97.0 Å². The number of aromatic hydroxyl groups is 1. The second-order valence-electron chi connectivity index (χ2n) is 7.30. The lowest BCUT2D eigenvalue weighted by atomic mass is 10.1. The first-order valence-corrected chi connectivity index (χ1v) is 10.2. The molecule has 0 spiro atoms. The maximum Gasteiger partial charge on any atom is 0.347 e. The molecule has 1 fully saturated rings. The number of esters is 1. The third-order valence-electron chi connectivity index (χ3n) is 5.29. The Bertz CT molecular complexity index is 953. The highest BCUT2D eigenvalue weighted by molar-refractivity contribution is 6.21. The Morgan fingerprint density at radius 2 is 2.14 bits per heavy atom. The predicted octanol–water partition coefficient (Wildman–Crippen LogP) is 4.95. The van der Waals surface area contributed by atoms with Gasteiger partial charge in [-0.15, -0.1) is 0 Å². The summed E-state index contributed by atoms with van der Waals surface area (Å²) in [5, 5.41) is 14.1. The van der Waals surface area contributed by atoms with E-state index in [4.69, 9.17) is 9.15 Å². The normalized spacial score (nSPS) is 17.9. The van der Waals surface area contributed by atoms with Gasteiger partial charge in [0.2, 0.25) is 5.88 Å². The molecular weight excluding hydrogens is 370 g/mol. The molecule has 0 aromatic carbocycles. The summed E-state index contributed by atoms with van der Waals surface area (Å²) in [6.07, 6.45) is 11.7. The van der Waals surface area contributed by atoms with Crippen molar-refractivity contribution in [2.75, 3.05) is 11.9 Å². The zero-order valence-electron chi connectivity index (χ0n) is 16.5. The molecular formula is C22H25N3O4. The SMILES string of the molecule is CCOC(=O)c1c(NC2CCCCCC2)oc(C=C2C=Nc3ncccc32)c1O. The van der Waals surface area contributed by atoms with Gasteiger partial charge in [0.25, 0.3) is 0 Å². The number of carbonyl (C=O) groups is 1. The van der Waals surface area contributed by atoms with Crippen LogP contribution >= 0.6 is 0 Å². The fourth-order valence-electron chi connectivity index (χ4n) is 3.82. The van der Waals surface area contributed by atoms with Gasteiger partial charge in [-0.1, -0.05) is 25.7 Å². The molecule has 29 heavy (non-hydrogen) atoms. The van der Waals surface area contributed by atoms with E-state index in [1.807, 2.05) is 12.1 Å². The Hall–Kier alpha value is -3.09. The molecule has 2 aromatic rings. The Balaban J connectivity index is 1.69. The van der Waals surface area contributed by atoms with E-state index in [1.54, 1.807) is 25.4 Å². The molecule has 0 amide bonds. The minimum Gasteiger partial charge on any atom is -0.504 e. The van der Waals surface area contributed by atoms with Gasteiger partial charge in [-0.25, -0.2) is 14.8 Å². The molecule has 1 saturated carbocycles. The lowest BCUT2D eigenvalue weighted by molar-refractivity contribution is 0.0524. The van der Waals surface area contributed by atoms with Crippen LogP contribution in [-0.4, -0.2) is 34.9 Å². The molecule has 7 nitrogen and oxygen atoms in total. The number of rotatable bonds is 5. The number of ether oxygens (including phenoxy) is 1. The summed E-state index contributed by atoms with van der Waals surface area (Å²) in [6, 6.07) is 3.93. The first kappa shape index (κ1) is 19.2. The van der Waals surface area contributed by atoms with Crippen molar-refractivity contribution in [2.45, 2.75) is 51.5 Å². The van der Waals surface area contributed by atoms with Crippen molar-refractivity contribution >= 4 is 35.5 Å². The zero-order chi connectivity index (χ0) is 20.2. The number of carbonyl (C=O) groups excluding carboxylic acids is 1. The van der Waals surface area contributed by atoms with Crippen LogP contribution < -0.4 is 5.32 Å². The predicted molar refractivity (Wildman–Crippen MR) is 112 cm³/mol. The number of nitrogens with zero attached hydrogens (tertiary/aromatic N) is 2. The molecule has 0 unspecified atom stereocenters. The number of anilines is 1. The number of hydrogen-bond acceptors (Lipinski definition) is 7. The Kier molecular flexibility index (Phi) is 5.64. The van der Waals surface area contributed by atoms with Crippen LogP contribution in [0.2, 0.25) is 0 Å². The van der Waals surface area contributed by atoms with Crippen LogP contribution in [0.3, 0.4) is 0 Å². The van der Waals surface area contributed by atoms with Gasteiger partial charge < -0.3 is 19.6 Å². The molecule has 4 rings (SSSR count). The minimum atomic E-state index is -0.600. The summed E-state index contributed by atoms with van der Waals surface area (Å²) in [7, 11) is 0. The number of hydrogen-bond donors (Lipinski definition) is 2. The molecule has 3 heterocycles. The minimum absolute atomic E-state index is 0.0456. The fraction of sp³-hybridized carbons (Fsp3) is 0.409. The maximum absolute atomic E-state index is 12.5. The van der Waals surface area contributed by atoms with E-state index < -0.39 is 5.97 Å². The van der Waals surface area contributed by atoms with Crippen LogP contribution in [0.1, 0.15) is 67.1 Å². The first-order chi connectivity index (χ1) is 14.2. The maximum atomic E-state index is 12.5. The molecule has 2 N–H and O–H groups in total. The van der Waals surface area contributed by atoms with Gasteiger partial charge in [-0.2, -0.15) is 0 Å². The van der Waals surface area contributed by atoms with Crippen molar-refractivity contribution in [3.63, 3.8) is 0 Å². The number of aliphatic imine (C=N–C) groups is 1. The van der Waals surface area contributed by atoms with Crippen molar-refractivity contribution in [1.82, 2.24) is 4.98 Å². The third-order valence-corrected chi connectivity index (χ3v) is 5.29. The second kappa shape index (κ2) is 8.51. The van der Waals surface area contributed by atoms with Crippen molar-refractivity contribution < 1.29 is 19.1 Å². The largest absolute Gasteiger partial charge is 0.504 e. The second-order valence-corrected chi connectivity index (χ2v) is 7.30. The summed E-state index contributed by atoms with van der Waals surface area (Å²) in [6.45, 7) is 1.95. The van der Waals surface area contributed by atoms with E-state index in [1.165, 1.54) is 12.8 Å². The summed E-state index contributed by atoms with van der Waals surface area (Å²) in [5.41, 5.74) is 1.65. The van der Waals surface area contributed by atoms with Crippen LogP contribution in [0.4, 0.5) is 11.7 Å². The van der Waals surface area contributed by atoms with Crippen molar-refractivity contribution in [3.05, 3.63) is 35.2 Å². The number of nitrogens with one attached hydrogen (secondary N) is 1. The van der Waals surface area contributed by atoms with Gasteiger partial charge >= 0.3 is 5.97 Å². The molecule has 2 aromatic heterocycles. The zero-order valence-corrected chi connectivity index (χ0v) is 16.5. The summed E-state index contributed by atoms with van der Waals surface area (Å²) < 4.78 is 11.1. The number of allylic oxidation sites excluding steroid dienone is 1. The standard InChI is InChI=1S/C22H25N3O4/c1-2-28-22(27)18-19(26)17(12-14-13-24-20-16(14)10-7-11-23-20)29-21(18)25-15-8-5-3-4-6-9-15/h7,10-13,15,25-26H,2-6,8-9H2,1H3. The molecule has 0 radical (unpaired) electrons. The molecule has 1 aliphatic heterocycles. The molecule has 0 atom stereocenters. The van der Waals surface area contributed by atoms with Crippen molar-refractivity contribution in [2.24, 2.45) is 4.99 Å². The molecule has 7 heteroatoms. The van der Waals surface area contributed by atoms with E-state index in [0.717, 1.165) is 36.8 Å². The van der Waals surface area contributed by atoms with E-state index in [2.05, 4.69) is 15.3 Å². The number of pyridine rings is 1. The van der Waals surface area contributed by atoms with Gasteiger partial charge in [-0.3, -0.25) is 0 Å². The fourth-order valence-corrected chi connectivity index (χ4v) is 3.82. The summed E-state index contributed by atoms with van der Waals surface area (Å²) >= 11 is 0. The number of fused-ring (bicyclic) bond motifs is 1. The lowest BCUT2D eigenvalue weighted by Gasteiger charge is -2.16. The molecule has 2 aliphatic rings. The van der Waals surface area contributed by atoms with Crippen LogP contribution in [0, 0.1) is 0 Å². The molecule has 0 saturated heterocycles. The monoisotopic (exact) mass is 395 g/mol. The van der Waals surface area contributed by atoms with Gasteiger partial charge in [0, 0.05) is 29.6 Å². The highest BCUT2D eigenvalue weighted by atomic mass is 16.5. The van der Waals surface area contributed by atoms with E-state index in [0.29, 0.717) is 5.82 Å². The van der Waals surface area contributed by atoms with Crippen molar-refractivity contribution in [3.8, 4) is 5.75 Å². The highest BCUT2D eigenvalue weighted by Gasteiger charge is 2.28. The van der Waals surface area contributed by atoms with Gasteiger partial charge in [-0.05, 0) is 38.0 Å². The van der Waals surface area contributed by atoms with Crippen LogP contribution in [0.15, 0.2) is 27.7 Å². The van der Waals surface area contributed by atoms with Crippen molar-refractivity contribution in [1.29, 1.82) is 0 Å². The Morgan fingerprint density at radius 3 is 2.90 bits per heavy atom. The lowest BCUT2D eigenvalue weighted by Crippen LogP contribution is -2.19. The Labute approximate surface area is 169 Å². The average Bonchev–Trinajstić information content (AvgIpc) is 3.13. The summed E-state index contributed by atoms with van der Waals surface area (Å²) in [4.78, 5) is 21.0. The molecule has 152 valence electrons. The van der Waals surface area contributed by atoms with Gasteiger partial charge in [0.05, 0.1) is 6.61 Å².